The van der Waals surface area contributed by atoms with Crippen LogP contribution in [0.5, 0.6) is 17.4 Å². The second-order valence-corrected chi connectivity index (χ2v) is 16.4. The number of amides is 2. The number of pyridine rings is 1. The first kappa shape index (κ1) is 35.1. The highest BCUT2D eigenvalue weighted by Crippen LogP contribution is 2.57. The number of allylic oxidation sites excluding steroid dienone is 2. The van der Waals surface area contributed by atoms with Gasteiger partial charge in [-0.15, -0.1) is 0 Å². The van der Waals surface area contributed by atoms with Gasteiger partial charge in [0.25, 0.3) is 5.91 Å². The average molecular weight is 698 g/mol. The lowest BCUT2D eigenvalue weighted by molar-refractivity contribution is -0.407. The van der Waals surface area contributed by atoms with Gasteiger partial charge in [0.1, 0.15) is 17.6 Å². The van der Waals surface area contributed by atoms with E-state index in [4.69, 9.17) is 19.2 Å². The van der Waals surface area contributed by atoms with E-state index in [9.17, 15) is 22.8 Å². The van der Waals surface area contributed by atoms with Crippen LogP contribution in [0.2, 0.25) is 0 Å². The molecule has 1 aromatic heterocycles. The molecule has 3 fully saturated rings. The number of carbonyl (C=O) groups excluding carboxylic acids is 3. The minimum absolute atomic E-state index is 0.135. The number of hydrogen-bond donors (Lipinski definition) is 2. The average Bonchev–Trinajstić information content (AvgIpc) is 3.97. The van der Waals surface area contributed by atoms with Crippen molar-refractivity contribution < 1.29 is 42.7 Å². The van der Waals surface area contributed by atoms with Crippen LogP contribution in [0.15, 0.2) is 30.4 Å². The molecule has 0 bridgehead atoms. The first-order valence-corrected chi connectivity index (χ1v) is 19.1. The van der Waals surface area contributed by atoms with Gasteiger partial charge in [0.05, 0.1) is 42.0 Å². The van der Waals surface area contributed by atoms with Crippen molar-refractivity contribution in [2.75, 3.05) is 13.7 Å². The summed E-state index contributed by atoms with van der Waals surface area (Å²) < 4.78 is 46.0. The topological polar surface area (TPSA) is 169 Å². The second kappa shape index (κ2) is 13.9. The van der Waals surface area contributed by atoms with Crippen molar-refractivity contribution in [2.45, 2.75) is 115 Å². The first-order valence-electron chi connectivity index (χ1n) is 17.5. The van der Waals surface area contributed by atoms with E-state index in [0.717, 1.165) is 36.6 Å². The van der Waals surface area contributed by atoms with Gasteiger partial charge in [-0.3, -0.25) is 19.1 Å². The zero-order chi connectivity index (χ0) is 35.1. The molecule has 0 radical (unpaired) electrons. The number of benzene rings is 1. The number of aryl methyl sites for hydroxylation is 1. The Morgan fingerprint density at radius 1 is 1.12 bits per heavy atom. The number of Topliss-reactive ketones (excluding diaryl/α,β-unsaturated/α-hetero) is 1. The SMILES string of the molecule is COc1ccc2c(O[C@@H]3C[C@H]4C(=O)C[C@]5(C(=O)NS(=O)(=O)C6CC6)C[C@@H]5/C=C\CCCCC[C@H]([NH3+])C(=O)N4C3)cc(OC(C)C)nc2c1C. The summed E-state index contributed by atoms with van der Waals surface area (Å²) in [6.45, 7) is 5.90. The van der Waals surface area contributed by atoms with Crippen molar-refractivity contribution >= 4 is 38.5 Å². The van der Waals surface area contributed by atoms with Crippen molar-refractivity contribution in [2.24, 2.45) is 11.3 Å². The number of rotatable bonds is 8. The number of sulfonamides is 1. The molecular formula is C36H49N4O8S+. The molecule has 0 spiro atoms. The van der Waals surface area contributed by atoms with Crippen LogP contribution in [0.4, 0.5) is 0 Å². The van der Waals surface area contributed by atoms with Gasteiger partial charge in [-0.2, -0.15) is 0 Å². The Bertz CT molecular complexity index is 1760. The number of ketones is 1. The van der Waals surface area contributed by atoms with Crippen LogP contribution in [0.3, 0.4) is 0 Å². The number of hydrogen-bond acceptors (Lipinski definition) is 9. The van der Waals surface area contributed by atoms with Crippen molar-refractivity contribution in [3.63, 3.8) is 0 Å². The van der Waals surface area contributed by atoms with Crippen LogP contribution in [0.25, 0.3) is 10.9 Å². The van der Waals surface area contributed by atoms with Gasteiger partial charge in [-0.05, 0) is 77.3 Å². The number of fused-ring (bicyclic) bond motifs is 3. The molecule has 13 heteroatoms. The van der Waals surface area contributed by atoms with Crippen molar-refractivity contribution in [3.05, 3.63) is 35.9 Å². The van der Waals surface area contributed by atoms with Crippen LogP contribution < -0.4 is 24.7 Å². The Balaban J connectivity index is 1.31. The molecule has 4 aliphatic rings. The lowest BCUT2D eigenvalue weighted by Crippen LogP contribution is -2.68. The predicted molar refractivity (Wildman–Crippen MR) is 182 cm³/mol. The molecule has 266 valence electrons. The Hall–Kier alpha value is -3.71. The highest BCUT2D eigenvalue weighted by molar-refractivity contribution is 7.90. The standard InChI is InChI=1S/C36H48N4O8S/c1-21(2)47-32-17-31(26-14-15-30(46-4)22(3)33(26)38-32)48-24-16-28-29(41)19-36(35(43)39-49(44,45)25-12-13-25)18-23(36)10-8-6-5-7-9-11-27(37)34(42)40(28)20-24/h8,10,14-15,17,21,23-25,27-28H,5-7,9,11-13,16,18-20,37H2,1-4H3,(H,39,43)/p+1/b10-8-/t23-,24+,27-,28-,36+/m0/s1. The number of nitrogens with one attached hydrogen (secondary N) is 1. The van der Waals surface area contributed by atoms with Gasteiger partial charge in [0.2, 0.25) is 21.8 Å². The molecule has 12 nitrogen and oxygen atoms in total. The Kier molecular flexibility index (Phi) is 9.96. The largest absolute Gasteiger partial charge is 0.496 e. The van der Waals surface area contributed by atoms with Gasteiger partial charge in [-0.1, -0.05) is 18.6 Å². The molecule has 1 aromatic carbocycles. The minimum Gasteiger partial charge on any atom is -0.496 e. The van der Waals surface area contributed by atoms with Gasteiger partial charge < -0.3 is 24.8 Å². The van der Waals surface area contributed by atoms with Gasteiger partial charge in [-0.25, -0.2) is 13.4 Å². The Morgan fingerprint density at radius 2 is 1.90 bits per heavy atom. The Morgan fingerprint density at radius 3 is 2.61 bits per heavy atom. The maximum atomic E-state index is 14.3. The molecule has 0 unspecified atom stereocenters. The van der Waals surface area contributed by atoms with Gasteiger partial charge in [0.15, 0.2) is 11.8 Å². The first-order chi connectivity index (χ1) is 23.3. The highest BCUT2D eigenvalue weighted by Gasteiger charge is 2.61. The third-order valence-corrected chi connectivity index (χ3v) is 12.1. The lowest BCUT2D eigenvalue weighted by Gasteiger charge is -2.26. The second-order valence-electron chi connectivity index (χ2n) is 14.4. The fraction of sp³-hybridized carbons (Fsp3) is 0.611. The minimum atomic E-state index is -3.80. The summed E-state index contributed by atoms with van der Waals surface area (Å²) in [6, 6.07) is 4.08. The van der Waals surface area contributed by atoms with E-state index in [-0.39, 0.29) is 43.1 Å². The van der Waals surface area contributed by atoms with E-state index in [2.05, 4.69) is 10.5 Å². The fourth-order valence-corrected chi connectivity index (χ4v) is 8.67. The molecule has 4 N–H and O–H groups in total. The molecule has 5 atom stereocenters. The zero-order valence-electron chi connectivity index (χ0n) is 28.9. The third-order valence-electron chi connectivity index (χ3n) is 10.3. The summed E-state index contributed by atoms with van der Waals surface area (Å²) in [6.07, 6.45) is 8.89. The zero-order valence-corrected chi connectivity index (χ0v) is 29.7. The number of ether oxygens (including phenoxy) is 3. The third kappa shape index (κ3) is 7.42. The van der Waals surface area contributed by atoms with Crippen molar-refractivity contribution in [1.82, 2.24) is 14.6 Å². The van der Waals surface area contributed by atoms with E-state index in [1.54, 1.807) is 18.1 Å². The van der Waals surface area contributed by atoms with Gasteiger partial charge >= 0.3 is 0 Å². The lowest BCUT2D eigenvalue weighted by atomic mass is 9.91. The maximum absolute atomic E-state index is 14.3. The van der Waals surface area contributed by atoms with Crippen molar-refractivity contribution in [3.8, 4) is 17.4 Å². The predicted octanol–water partition coefficient (Wildman–Crippen LogP) is 3.39. The molecule has 1 saturated heterocycles. The molecule has 49 heavy (non-hydrogen) atoms. The van der Waals surface area contributed by atoms with Crippen LogP contribution in [-0.4, -0.2) is 79.1 Å². The van der Waals surface area contributed by atoms with Gasteiger partial charge in [0, 0.05) is 36.3 Å². The smallest absolute Gasteiger partial charge is 0.281 e. The summed E-state index contributed by atoms with van der Waals surface area (Å²) in [5.41, 5.74) is 4.48. The van der Waals surface area contributed by atoms with Crippen LogP contribution in [0, 0.1) is 18.3 Å². The van der Waals surface area contributed by atoms with Crippen LogP contribution >= 0.6 is 0 Å². The van der Waals surface area contributed by atoms with Crippen LogP contribution in [-0.2, 0) is 24.4 Å². The van der Waals surface area contributed by atoms with Crippen molar-refractivity contribution in [1.29, 1.82) is 0 Å². The molecule has 2 aliphatic heterocycles. The molecular weight excluding hydrogens is 648 g/mol. The van der Waals surface area contributed by atoms with E-state index in [1.807, 2.05) is 45.1 Å². The number of nitrogens with zero attached hydrogens (tertiary/aromatic N) is 2. The molecule has 6 rings (SSSR count). The monoisotopic (exact) mass is 697 g/mol. The quantitative estimate of drug-likeness (QED) is 0.393. The summed E-state index contributed by atoms with van der Waals surface area (Å²) in [5, 5.41) is 0.181. The van der Waals surface area contributed by atoms with E-state index < -0.39 is 44.8 Å². The van der Waals surface area contributed by atoms with E-state index in [0.29, 0.717) is 48.6 Å². The highest BCUT2D eigenvalue weighted by atomic mass is 32.2. The van der Waals surface area contributed by atoms with E-state index >= 15 is 0 Å². The number of methoxy groups -OCH3 is 1. The molecule has 3 heterocycles. The molecule has 2 aromatic rings. The molecule has 2 saturated carbocycles. The number of aromatic nitrogens is 1. The van der Waals surface area contributed by atoms with E-state index in [1.165, 1.54) is 0 Å². The summed E-state index contributed by atoms with van der Waals surface area (Å²) >= 11 is 0. The Labute approximate surface area is 288 Å². The number of carbonyl (C=O) groups is 3. The summed E-state index contributed by atoms with van der Waals surface area (Å²) in [7, 11) is -2.19. The summed E-state index contributed by atoms with van der Waals surface area (Å²) in [5.74, 6) is 0.193. The van der Waals surface area contributed by atoms with Crippen LogP contribution in [0.1, 0.15) is 83.6 Å². The summed E-state index contributed by atoms with van der Waals surface area (Å²) in [4.78, 5) is 48.2. The molecule has 2 amide bonds. The molecule has 2 aliphatic carbocycles. The maximum Gasteiger partial charge on any atom is 0.281 e. The number of quaternary nitrogens is 1. The normalized spacial score (nSPS) is 28.7. The fourth-order valence-electron chi connectivity index (χ4n) is 7.29.